The van der Waals surface area contributed by atoms with Crippen LogP contribution in [0.5, 0.6) is 17.5 Å². The normalized spacial score (nSPS) is 18.2. The molecule has 4 aromatic carbocycles. The van der Waals surface area contributed by atoms with E-state index >= 15 is 4.39 Å². The van der Waals surface area contributed by atoms with Crippen molar-refractivity contribution in [1.82, 2.24) is 50.5 Å². The lowest BCUT2D eigenvalue weighted by atomic mass is 9.94. The number of hydrogen-bond donors (Lipinski definition) is 4. The Balaban J connectivity index is 0.857. The first kappa shape index (κ1) is 54.7. The van der Waals surface area contributed by atoms with Crippen molar-refractivity contribution in [1.29, 1.82) is 0 Å². The molecule has 7 heterocycles. The summed E-state index contributed by atoms with van der Waals surface area (Å²) in [4.78, 5) is 51.5. The maximum Gasteiger partial charge on any atom is 0.319 e. The molecule has 3 aliphatic heterocycles. The number of aryl methyl sites for hydroxylation is 1. The van der Waals surface area contributed by atoms with Crippen LogP contribution in [0.3, 0.4) is 0 Å². The molecule has 5 unspecified atom stereocenters. The van der Waals surface area contributed by atoms with E-state index in [-0.39, 0.29) is 54.4 Å². The number of pyridine rings is 2. The number of phenolic OH excluding ortho intramolecular Hbond substituents is 1. The highest BCUT2D eigenvalue weighted by Gasteiger charge is 2.40. The highest BCUT2D eigenvalue weighted by atomic mass is 19.1. The number of aromatic hydroxyl groups is 1. The number of nitrogens with zero attached hydrogens (tertiary/aromatic N) is 9. The van der Waals surface area contributed by atoms with Gasteiger partial charge in [0.2, 0.25) is 11.8 Å². The van der Waals surface area contributed by atoms with Crippen LogP contribution in [-0.4, -0.2) is 126 Å². The average molecular weight is 1100 g/mol. The Labute approximate surface area is 467 Å². The summed E-state index contributed by atoms with van der Waals surface area (Å²) >= 11 is 0. The SMILES string of the molecule is CCc1c(F)ccc2cc(O)cc(-c3ncc4c(N5CC6CCC(C5)N6)nc(OC[C@H](C)OC)nc4c3OCc3ccc(-c4cn(C(C(=O)N5CCCC5C(=O)NC(CO)c5ccc(-c6ncccc6F)cc5)C(C)C)nn4)cc3)c12. The number of carbonyl (C=O) groups excluding carboxylic acids is 2. The Bertz CT molecular complexity index is 3590. The Morgan fingerprint density at radius 2 is 1.65 bits per heavy atom. The molecule has 0 spiro atoms. The quantitative estimate of drug-likeness (QED) is 0.0596. The molecule has 420 valence electrons. The Morgan fingerprint density at radius 3 is 2.37 bits per heavy atom. The second kappa shape index (κ2) is 23.5. The van der Waals surface area contributed by atoms with E-state index in [1.54, 1.807) is 71.5 Å². The van der Waals surface area contributed by atoms with Crippen molar-refractivity contribution >= 4 is 39.3 Å². The fourth-order valence-electron chi connectivity index (χ4n) is 11.5. The van der Waals surface area contributed by atoms with Gasteiger partial charge in [-0.3, -0.25) is 19.6 Å². The van der Waals surface area contributed by atoms with E-state index in [0.29, 0.717) is 105 Å². The van der Waals surface area contributed by atoms with E-state index in [4.69, 9.17) is 29.2 Å². The topological polar surface area (TPSA) is 215 Å². The number of amides is 2. The minimum absolute atomic E-state index is 0.0227. The van der Waals surface area contributed by atoms with E-state index in [1.165, 1.54) is 24.4 Å². The Hall–Kier alpha value is -8.20. The predicted octanol–water partition coefficient (Wildman–Crippen LogP) is 8.68. The molecule has 11 rings (SSSR count). The van der Waals surface area contributed by atoms with Crippen LogP contribution >= 0.6 is 0 Å². The molecule has 8 aromatic rings. The van der Waals surface area contributed by atoms with Crippen molar-refractivity contribution < 1.29 is 42.8 Å². The summed E-state index contributed by atoms with van der Waals surface area (Å²) in [5, 5.41) is 39.1. The largest absolute Gasteiger partial charge is 0.508 e. The van der Waals surface area contributed by atoms with E-state index in [2.05, 4.69) is 30.8 Å². The lowest BCUT2D eigenvalue weighted by Crippen LogP contribution is -2.51. The van der Waals surface area contributed by atoms with Crippen molar-refractivity contribution in [2.75, 3.05) is 44.9 Å². The predicted molar refractivity (Wildman–Crippen MR) is 301 cm³/mol. The van der Waals surface area contributed by atoms with Crippen LogP contribution in [0.2, 0.25) is 0 Å². The zero-order chi connectivity index (χ0) is 56.5. The van der Waals surface area contributed by atoms with Gasteiger partial charge in [0.1, 0.15) is 71.1 Å². The smallest absolute Gasteiger partial charge is 0.319 e. The highest BCUT2D eigenvalue weighted by molar-refractivity contribution is 6.04. The monoisotopic (exact) mass is 1100 g/mol. The van der Waals surface area contributed by atoms with Crippen molar-refractivity contribution in [2.24, 2.45) is 5.92 Å². The number of methoxy groups -OCH3 is 1. The number of aliphatic hydroxyl groups excluding tert-OH is 1. The molecule has 0 aliphatic carbocycles. The summed E-state index contributed by atoms with van der Waals surface area (Å²) in [6, 6.07) is 21.9. The standard InChI is InChI=1S/C61H65F2N11O7/c1-6-44-47(62)22-19-40-25-43(76)26-45(52(40)44)54-57(55-46(27-65-54)58(69-61(68-55)81-32-35(4)79-5)72-28-41-20-21-42(29-72)66-41)80-33-36-11-13-37(14-12-36)49-30-74(71-70-49)56(34(2)3)60(78)73-24-8-10-51(73)59(77)67-50(31-75)38-15-17-39(18-16-38)53-48(63)9-7-23-64-53/h7,9,11-19,22-23,25-27,30,34-35,41-42,50-51,56,66,75-76H,6,8,10,20-21,24,28-29,31-33H2,1-5H3,(H,67,77)/t35-,41?,42?,50?,51?,56?/m0/s1. The number of ether oxygens (including phenoxy) is 3. The van der Waals surface area contributed by atoms with Crippen molar-refractivity contribution in [3.63, 3.8) is 0 Å². The summed E-state index contributed by atoms with van der Waals surface area (Å²) in [6.07, 6.45) is 8.27. The van der Waals surface area contributed by atoms with Gasteiger partial charge in [-0.25, -0.2) is 13.5 Å². The van der Waals surface area contributed by atoms with Crippen LogP contribution in [0.4, 0.5) is 14.6 Å². The van der Waals surface area contributed by atoms with E-state index < -0.39 is 36.5 Å². The van der Waals surface area contributed by atoms with Crippen molar-refractivity contribution in [2.45, 2.75) is 103 Å². The fraction of sp³-hybridized carbons (Fsp3) is 0.377. The third-order valence-electron chi connectivity index (χ3n) is 15.8. The molecule has 3 fully saturated rings. The Morgan fingerprint density at radius 1 is 0.889 bits per heavy atom. The van der Waals surface area contributed by atoms with Crippen molar-refractivity contribution in [3.8, 4) is 51.3 Å². The van der Waals surface area contributed by atoms with Gasteiger partial charge in [-0.05, 0) is 103 Å². The summed E-state index contributed by atoms with van der Waals surface area (Å²) in [5.74, 6) is -0.795. The van der Waals surface area contributed by atoms with E-state index in [0.717, 1.165) is 37.1 Å². The van der Waals surface area contributed by atoms with Gasteiger partial charge in [0, 0.05) is 67.9 Å². The number of hydrogen-bond acceptors (Lipinski definition) is 15. The van der Waals surface area contributed by atoms with Gasteiger partial charge in [0.15, 0.2) is 5.75 Å². The maximum atomic E-state index is 15.7. The van der Waals surface area contributed by atoms with Crippen LogP contribution < -0.4 is 25.0 Å². The number of piperazine rings is 1. The van der Waals surface area contributed by atoms with E-state index in [9.17, 15) is 24.2 Å². The number of halogens is 2. The van der Waals surface area contributed by atoms with Crippen LogP contribution in [-0.2, 0) is 27.4 Å². The summed E-state index contributed by atoms with van der Waals surface area (Å²) < 4.78 is 50.3. The first-order valence-electron chi connectivity index (χ1n) is 27.7. The summed E-state index contributed by atoms with van der Waals surface area (Å²) in [6.45, 7) is 9.29. The molecule has 18 nitrogen and oxygen atoms in total. The lowest BCUT2D eigenvalue weighted by Gasteiger charge is -2.34. The van der Waals surface area contributed by atoms with Gasteiger partial charge in [-0.2, -0.15) is 9.97 Å². The number of anilines is 1. The Kier molecular flexibility index (Phi) is 15.9. The van der Waals surface area contributed by atoms with Gasteiger partial charge in [-0.15, -0.1) is 5.10 Å². The van der Waals surface area contributed by atoms with Crippen LogP contribution in [0.1, 0.15) is 82.2 Å². The van der Waals surface area contributed by atoms with Gasteiger partial charge >= 0.3 is 6.01 Å². The minimum atomic E-state index is -0.780. The molecule has 3 saturated heterocycles. The fourth-order valence-corrected chi connectivity index (χ4v) is 11.5. The third-order valence-corrected chi connectivity index (χ3v) is 15.8. The zero-order valence-corrected chi connectivity index (χ0v) is 45.9. The molecular formula is C61H65F2N11O7. The number of phenols is 1. The average Bonchev–Trinajstić information content (AvgIpc) is 4.40. The second-order valence-corrected chi connectivity index (χ2v) is 21.5. The number of fused-ring (bicyclic) bond motifs is 4. The number of aromatic nitrogens is 7. The molecule has 20 heteroatoms. The van der Waals surface area contributed by atoms with Gasteiger partial charge in [-0.1, -0.05) is 80.6 Å². The zero-order valence-electron chi connectivity index (χ0n) is 45.9. The van der Waals surface area contributed by atoms with Gasteiger partial charge in [0.25, 0.3) is 0 Å². The maximum absolute atomic E-state index is 15.7. The van der Waals surface area contributed by atoms with Gasteiger partial charge in [0.05, 0.1) is 30.3 Å². The molecular weight excluding hydrogens is 1040 g/mol. The van der Waals surface area contributed by atoms with Gasteiger partial charge < -0.3 is 44.9 Å². The third kappa shape index (κ3) is 11.2. The van der Waals surface area contributed by atoms with E-state index in [1.807, 2.05) is 52.0 Å². The van der Waals surface area contributed by atoms with Crippen LogP contribution in [0.15, 0.2) is 104 Å². The number of aliphatic hydroxyl groups is 1. The minimum Gasteiger partial charge on any atom is -0.508 e. The molecule has 4 N–H and O–H groups in total. The lowest BCUT2D eigenvalue weighted by molar-refractivity contribution is -0.142. The highest BCUT2D eigenvalue weighted by Crippen LogP contribution is 2.44. The van der Waals surface area contributed by atoms with Crippen molar-refractivity contribution in [3.05, 3.63) is 132 Å². The second-order valence-electron chi connectivity index (χ2n) is 21.5. The molecule has 81 heavy (non-hydrogen) atoms. The molecule has 0 saturated carbocycles. The number of nitrogens with one attached hydrogen (secondary N) is 2. The number of likely N-dealkylation sites (tertiary alicyclic amines) is 1. The van der Waals surface area contributed by atoms with Crippen LogP contribution in [0.25, 0.3) is 55.4 Å². The van der Waals surface area contributed by atoms with Crippen LogP contribution in [0, 0.1) is 17.6 Å². The first-order valence-corrected chi connectivity index (χ1v) is 27.7. The molecule has 6 atom stereocenters. The molecule has 0 radical (unpaired) electrons. The molecule has 4 aromatic heterocycles. The molecule has 3 aliphatic rings. The molecule has 2 bridgehead atoms. The molecule has 2 amide bonds. The summed E-state index contributed by atoms with van der Waals surface area (Å²) in [7, 11) is 1.61. The number of benzene rings is 4. The number of rotatable bonds is 19. The summed E-state index contributed by atoms with van der Waals surface area (Å²) in [5.41, 5.74) is 5.14. The first-order chi connectivity index (χ1) is 39.3. The number of carbonyl (C=O) groups is 2.